The molecule has 0 spiro atoms. The highest BCUT2D eigenvalue weighted by Gasteiger charge is 2.13. The molecule has 48 valence electrons. The maximum atomic E-state index is 10.6. The first-order valence-electron chi connectivity index (χ1n) is 2.23. The fraction of sp³-hybridized carbons (Fsp3) is 0. The van der Waals surface area contributed by atoms with E-state index in [4.69, 9.17) is 0 Å². The Kier molecular flexibility index (Phi) is 1.44. The normalized spacial score (nSPS) is 18.1. The summed E-state index contributed by atoms with van der Waals surface area (Å²) in [6.45, 7) is 3.48. The molecular weight excluding hydrogens is 138 g/mol. The first-order chi connectivity index (χ1) is 4.22. The summed E-state index contributed by atoms with van der Waals surface area (Å²) in [5, 5.41) is 3.47. The number of carbonyl (C=O) groups is 1. The quantitative estimate of drug-likeness (QED) is 0.472. The van der Waals surface area contributed by atoms with E-state index in [-0.39, 0.29) is 6.03 Å². The first kappa shape index (κ1) is 6.15. The van der Waals surface area contributed by atoms with Gasteiger partial charge in [-0.3, -0.25) is 0 Å². The molecule has 0 radical (unpaired) electrons. The van der Waals surface area contributed by atoms with E-state index in [1.54, 1.807) is 0 Å². The van der Waals surface area contributed by atoms with Gasteiger partial charge in [-0.25, -0.2) is 14.5 Å². The lowest BCUT2D eigenvalue weighted by molar-refractivity contribution is 0.232. The molecular formula is C4H5N3OS. The molecule has 2 amide bonds. The van der Waals surface area contributed by atoms with Crippen LogP contribution in [0.3, 0.4) is 0 Å². The van der Waals surface area contributed by atoms with Crippen LogP contribution in [0.15, 0.2) is 17.4 Å². The number of nitrogens with one attached hydrogen (secondary N) is 1. The Balaban J connectivity index is 2.81. The van der Waals surface area contributed by atoms with Crippen molar-refractivity contribution in [2.75, 3.05) is 0 Å². The molecule has 0 saturated carbocycles. The van der Waals surface area contributed by atoms with Crippen molar-refractivity contribution in [3.63, 3.8) is 0 Å². The molecule has 0 aromatic carbocycles. The second-order valence-electron chi connectivity index (χ2n) is 1.48. The molecule has 0 aromatic heterocycles. The van der Waals surface area contributed by atoms with E-state index in [9.17, 15) is 4.79 Å². The largest absolute Gasteiger partial charge is 0.352 e. The molecule has 1 aliphatic heterocycles. The van der Waals surface area contributed by atoms with Crippen molar-refractivity contribution in [1.82, 2.24) is 9.73 Å². The summed E-state index contributed by atoms with van der Waals surface area (Å²) in [4.78, 5) is 10.6. The van der Waals surface area contributed by atoms with Gasteiger partial charge in [0.25, 0.3) is 0 Å². The van der Waals surface area contributed by atoms with Crippen LogP contribution < -0.4 is 5.43 Å². The molecule has 0 bridgehead atoms. The minimum atomic E-state index is -0.383. The number of urea groups is 1. The number of carbonyl (C=O) groups excluding carboxylic acids is 1. The van der Waals surface area contributed by atoms with Gasteiger partial charge in [0.1, 0.15) is 0 Å². The van der Waals surface area contributed by atoms with Gasteiger partial charge in [0.2, 0.25) is 0 Å². The van der Waals surface area contributed by atoms with E-state index >= 15 is 0 Å². The highest BCUT2D eigenvalue weighted by atomic mass is 32.1. The standard InChI is InChI=1S/C4H5N3OS/c1-3-2-5-6-4(8)7(3)9/h2,9H,1H2,(H,6,8). The van der Waals surface area contributed by atoms with Crippen LogP contribution in [-0.4, -0.2) is 16.6 Å². The van der Waals surface area contributed by atoms with Crippen LogP contribution in [0.1, 0.15) is 0 Å². The Labute approximate surface area is 57.8 Å². The van der Waals surface area contributed by atoms with E-state index < -0.39 is 0 Å². The summed E-state index contributed by atoms with van der Waals surface area (Å²) in [7, 11) is 0. The van der Waals surface area contributed by atoms with Crippen molar-refractivity contribution in [3.05, 3.63) is 12.3 Å². The zero-order valence-corrected chi connectivity index (χ0v) is 5.43. The molecule has 1 heterocycles. The monoisotopic (exact) mass is 143 g/mol. The van der Waals surface area contributed by atoms with Crippen LogP contribution >= 0.6 is 12.8 Å². The van der Waals surface area contributed by atoms with Crippen LogP contribution in [0.25, 0.3) is 0 Å². The van der Waals surface area contributed by atoms with Gasteiger partial charge < -0.3 is 0 Å². The minimum Gasteiger partial charge on any atom is -0.245 e. The predicted molar refractivity (Wildman–Crippen MR) is 37.0 cm³/mol. The Bertz CT molecular complexity index is 188. The molecule has 1 rings (SSSR count). The van der Waals surface area contributed by atoms with Crippen LogP contribution in [0, 0.1) is 0 Å². The number of amides is 2. The molecule has 5 heteroatoms. The average molecular weight is 143 g/mol. The summed E-state index contributed by atoms with van der Waals surface area (Å²) >= 11 is 3.78. The van der Waals surface area contributed by atoms with Crippen molar-refractivity contribution < 1.29 is 4.79 Å². The predicted octanol–water partition coefficient (Wildman–Crippen LogP) is 0.356. The van der Waals surface area contributed by atoms with Crippen LogP contribution in [0.2, 0.25) is 0 Å². The molecule has 0 aromatic rings. The Morgan fingerprint density at radius 2 is 2.56 bits per heavy atom. The topological polar surface area (TPSA) is 44.7 Å². The highest BCUT2D eigenvalue weighted by molar-refractivity contribution is 7.78. The van der Waals surface area contributed by atoms with Gasteiger partial charge in [-0.15, -0.1) is 0 Å². The maximum absolute atomic E-state index is 10.6. The average Bonchev–Trinajstić information content (AvgIpc) is 1.83. The third kappa shape index (κ3) is 1.05. The second kappa shape index (κ2) is 2.10. The molecule has 9 heavy (non-hydrogen) atoms. The molecule has 0 atom stereocenters. The van der Waals surface area contributed by atoms with Gasteiger partial charge in [-0.1, -0.05) is 19.4 Å². The van der Waals surface area contributed by atoms with Crippen molar-refractivity contribution in [2.24, 2.45) is 5.10 Å². The molecule has 0 saturated heterocycles. The number of hydrogen-bond acceptors (Lipinski definition) is 3. The van der Waals surface area contributed by atoms with Crippen molar-refractivity contribution >= 4 is 25.1 Å². The number of allylic oxidation sites excluding steroid dienone is 1. The molecule has 4 nitrogen and oxygen atoms in total. The van der Waals surface area contributed by atoms with Gasteiger partial charge in [-0.05, 0) is 0 Å². The lowest BCUT2D eigenvalue weighted by Gasteiger charge is -2.17. The van der Waals surface area contributed by atoms with E-state index in [2.05, 4.69) is 29.9 Å². The van der Waals surface area contributed by atoms with Gasteiger partial charge >= 0.3 is 6.03 Å². The fourth-order valence-electron chi connectivity index (χ4n) is 0.394. The van der Waals surface area contributed by atoms with Crippen LogP contribution in [0.4, 0.5) is 4.79 Å². The second-order valence-corrected chi connectivity index (χ2v) is 1.88. The zero-order chi connectivity index (χ0) is 6.85. The van der Waals surface area contributed by atoms with Gasteiger partial charge in [0.15, 0.2) is 0 Å². The molecule has 0 aliphatic carbocycles. The summed E-state index contributed by atoms with van der Waals surface area (Å²) in [6, 6.07) is -0.383. The molecule has 1 aliphatic rings. The van der Waals surface area contributed by atoms with Gasteiger partial charge in [0, 0.05) is 0 Å². The summed E-state index contributed by atoms with van der Waals surface area (Å²) < 4.78 is 1.08. The Hall–Kier alpha value is -0.970. The molecule has 0 fully saturated rings. The number of rotatable bonds is 0. The summed E-state index contributed by atoms with van der Waals surface area (Å²) in [5.74, 6) is 0. The number of thiol groups is 1. The fourth-order valence-corrected chi connectivity index (χ4v) is 0.491. The Morgan fingerprint density at radius 1 is 1.89 bits per heavy atom. The smallest absolute Gasteiger partial charge is 0.245 e. The van der Waals surface area contributed by atoms with Crippen molar-refractivity contribution in [3.8, 4) is 0 Å². The van der Waals surface area contributed by atoms with Gasteiger partial charge in [-0.2, -0.15) is 5.10 Å². The number of hydrazone groups is 1. The molecule has 0 unspecified atom stereocenters. The Morgan fingerprint density at radius 3 is 3.00 bits per heavy atom. The van der Waals surface area contributed by atoms with Crippen molar-refractivity contribution in [2.45, 2.75) is 0 Å². The van der Waals surface area contributed by atoms with E-state index in [1.807, 2.05) is 0 Å². The van der Waals surface area contributed by atoms with Crippen molar-refractivity contribution in [1.29, 1.82) is 0 Å². The third-order valence-electron chi connectivity index (χ3n) is 0.838. The lowest BCUT2D eigenvalue weighted by atomic mass is 10.5. The summed E-state index contributed by atoms with van der Waals surface area (Å²) in [5.41, 5.74) is 2.64. The van der Waals surface area contributed by atoms with Crippen LogP contribution in [0.5, 0.6) is 0 Å². The SMILES string of the molecule is C=C1C=NNC(=O)N1S. The maximum Gasteiger partial charge on any atom is 0.352 e. The summed E-state index contributed by atoms with van der Waals surface area (Å²) in [6.07, 6.45) is 1.41. The van der Waals surface area contributed by atoms with E-state index in [0.29, 0.717) is 5.70 Å². The lowest BCUT2D eigenvalue weighted by Crippen LogP contribution is -2.34. The highest BCUT2D eigenvalue weighted by Crippen LogP contribution is 2.05. The van der Waals surface area contributed by atoms with E-state index in [0.717, 1.165) is 4.31 Å². The first-order valence-corrected chi connectivity index (χ1v) is 2.63. The number of hydrogen-bond donors (Lipinski definition) is 2. The zero-order valence-electron chi connectivity index (χ0n) is 4.53. The van der Waals surface area contributed by atoms with Gasteiger partial charge in [0.05, 0.1) is 11.9 Å². The minimum absolute atomic E-state index is 0.383. The van der Waals surface area contributed by atoms with Crippen LogP contribution in [-0.2, 0) is 0 Å². The number of nitrogens with zero attached hydrogens (tertiary/aromatic N) is 2. The molecule has 1 N–H and O–H groups in total. The van der Waals surface area contributed by atoms with E-state index in [1.165, 1.54) is 6.21 Å². The third-order valence-corrected chi connectivity index (χ3v) is 1.28.